The molecule has 1 aromatic carbocycles. The fourth-order valence-electron chi connectivity index (χ4n) is 1.93. The number of thiazole rings is 1. The molecule has 0 aliphatic carbocycles. The molecule has 1 aromatic heterocycles. The van der Waals surface area contributed by atoms with Gasteiger partial charge in [0, 0.05) is 23.9 Å². The zero-order chi connectivity index (χ0) is 13.8. The van der Waals surface area contributed by atoms with Crippen molar-refractivity contribution in [3.05, 3.63) is 51.0 Å². The third-order valence-corrected chi connectivity index (χ3v) is 3.97. The number of halogens is 2. The van der Waals surface area contributed by atoms with Crippen molar-refractivity contribution in [3.8, 4) is 0 Å². The van der Waals surface area contributed by atoms with Crippen molar-refractivity contribution in [3.63, 3.8) is 0 Å². The van der Waals surface area contributed by atoms with Crippen LogP contribution in [0.3, 0.4) is 0 Å². The Bertz CT molecular complexity index is 567. The molecule has 0 unspecified atom stereocenters. The molecule has 0 aliphatic heterocycles. The van der Waals surface area contributed by atoms with E-state index in [-0.39, 0.29) is 0 Å². The Balaban J connectivity index is 2.23. The lowest BCUT2D eigenvalue weighted by Gasteiger charge is -2.00. The highest BCUT2D eigenvalue weighted by molar-refractivity contribution is 7.11. The van der Waals surface area contributed by atoms with Gasteiger partial charge in [0.1, 0.15) is 11.6 Å². The highest BCUT2D eigenvalue weighted by atomic mass is 32.1. The number of aromatic nitrogens is 1. The van der Waals surface area contributed by atoms with Crippen molar-refractivity contribution in [1.29, 1.82) is 0 Å². The van der Waals surface area contributed by atoms with Crippen molar-refractivity contribution in [2.24, 2.45) is 5.73 Å². The van der Waals surface area contributed by atoms with E-state index in [1.54, 1.807) is 0 Å². The average Bonchev–Trinajstić information content (AvgIpc) is 2.75. The lowest BCUT2D eigenvalue weighted by molar-refractivity contribution is 0.574. The molecule has 0 spiro atoms. The maximum Gasteiger partial charge on any atom is 0.129 e. The monoisotopic (exact) mass is 282 g/mol. The molecule has 0 bridgehead atoms. The van der Waals surface area contributed by atoms with Crippen LogP contribution in [0.1, 0.15) is 34.5 Å². The van der Waals surface area contributed by atoms with Crippen LogP contribution in [0.2, 0.25) is 0 Å². The summed E-state index contributed by atoms with van der Waals surface area (Å²) in [6.07, 6.45) is 2.27. The summed E-state index contributed by atoms with van der Waals surface area (Å²) in [6, 6.07) is 3.64. The summed E-state index contributed by atoms with van der Waals surface area (Å²) in [5.74, 6) is -1.09. The number of nitrogens with zero attached hydrogens (tertiary/aromatic N) is 1. The van der Waals surface area contributed by atoms with Crippen LogP contribution in [0.5, 0.6) is 0 Å². The van der Waals surface area contributed by atoms with E-state index in [0.29, 0.717) is 18.5 Å². The summed E-state index contributed by atoms with van der Waals surface area (Å²) < 4.78 is 26.4. The highest BCUT2D eigenvalue weighted by Crippen LogP contribution is 2.23. The van der Waals surface area contributed by atoms with Crippen LogP contribution in [-0.4, -0.2) is 4.98 Å². The van der Waals surface area contributed by atoms with E-state index in [9.17, 15) is 8.78 Å². The second kappa shape index (κ2) is 6.21. The fourth-order valence-corrected chi connectivity index (χ4v) is 2.95. The van der Waals surface area contributed by atoms with E-state index in [2.05, 4.69) is 11.9 Å². The quantitative estimate of drug-likeness (QED) is 0.912. The average molecular weight is 282 g/mol. The Labute approximate surface area is 115 Å². The van der Waals surface area contributed by atoms with Gasteiger partial charge in [0.25, 0.3) is 0 Å². The topological polar surface area (TPSA) is 38.9 Å². The third-order valence-electron chi connectivity index (χ3n) is 2.85. The third kappa shape index (κ3) is 3.36. The van der Waals surface area contributed by atoms with Crippen LogP contribution in [-0.2, 0) is 19.4 Å². The van der Waals surface area contributed by atoms with Crippen molar-refractivity contribution in [2.75, 3.05) is 0 Å². The minimum Gasteiger partial charge on any atom is -0.326 e. The van der Waals surface area contributed by atoms with Crippen molar-refractivity contribution < 1.29 is 8.78 Å². The molecule has 2 N–H and O–H groups in total. The van der Waals surface area contributed by atoms with Gasteiger partial charge in [-0.3, -0.25) is 0 Å². The Kier molecular flexibility index (Phi) is 4.61. The highest BCUT2D eigenvalue weighted by Gasteiger charge is 2.12. The molecule has 0 aliphatic rings. The molecule has 0 saturated heterocycles. The van der Waals surface area contributed by atoms with Crippen molar-refractivity contribution in [2.45, 2.75) is 32.7 Å². The Morgan fingerprint density at radius 2 is 2.11 bits per heavy atom. The van der Waals surface area contributed by atoms with Gasteiger partial charge in [-0.1, -0.05) is 19.4 Å². The van der Waals surface area contributed by atoms with Gasteiger partial charge in [0.05, 0.1) is 10.7 Å². The molecule has 19 heavy (non-hydrogen) atoms. The number of hydrogen-bond donors (Lipinski definition) is 1. The first-order chi connectivity index (χ1) is 9.13. The maximum absolute atomic E-state index is 13.6. The van der Waals surface area contributed by atoms with Gasteiger partial charge in [0.2, 0.25) is 0 Å². The summed E-state index contributed by atoms with van der Waals surface area (Å²) in [4.78, 5) is 5.56. The molecule has 2 aromatic rings. The molecule has 0 atom stereocenters. The smallest absolute Gasteiger partial charge is 0.129 e. The first-order valence-electron chi connectivity index (χ1n) is 6.25. The second-order valence-corrected chi connectivity index (χ2v) is 5.51. The lowest BCUT2D eigenvalue weighted by atomic mass is 10.1. The minimum absolute atomic E-state index is 0.382. The first-order valence-corrected chi connectivity index (χ1v) is 7.07. The van der Waals surface area contributed by atoms with Crippen LogP contribution < -0.4 is 5.73 Å². The summed E-state index contributed by atoms with van der Waals surface area (Å²) in [7, 11) is 0. The van der Waals surface area contributed by atoms with Crippen LogP contribution in [0, 0.1) is 11.6 Å². The predicted octanol–water partition coefficient (Wildman–Crippen LogP) is 3.42. The number of benzene rings is 1. The van der Waals surface area contributed by atoms with Crippen molar-refractivity contribution in [1.82, 2.24) is 4.98 Å². The summed E-state index contributed by atoms with van der Waals surface area (Å²) in [6.45, 7) is 2.54. The molecule has 5 heteroatoms. The Hall–Kier alpha value is -1.33. The molecule has 102 valence electrons. The number of hydrogen-bond acceptors (Lipinski definition) is 3. The van der Waals surface area contributed by atoms with Gasteiger partial charge in [-0.15, -0.1) is 11.3 Å². The van der Waals surface area contributed by atoms with Gasteiger partial charge >= 0.3 is 0 Å². The van der Waals surface area contributed by atoms with Gasteiger partial charge in [0.15, 0.2) is 0 Å². The number of nitrogens with two attached hydrogens (primary N) is 1. The summed E-state index contributed by atoms with van der Waals surface area (Å²) >= 11 is 1.51. The van der Waals surface area contributed by atoms with Gasteiger partial charge < -0.3 is 5.73 Å². The molecular formula is C14H16F2N2S. The van der Waals surface area contributed by atoms with E-state index in [4.69, 9.17) is 5.73 Å². The maximum atomic E-state index is 13.6. The normalized spacial score (nSPS) is 10.9. The first kappa shape index (κ1) is 14.1. The molecule has 0 radical (unpaired) electrons. The molecule has 0 amide bonds. The zero-order valence-corrected chi connectivity index (χ0v) is 11.6. The van der Waals surface area contributed by atoms with E-state index in [1.165, 1.54) is 23.5 Å². The lowest BCUT2D eigenvalue weighted by Crippen LogP contribution is -1.98. The molecule has 2 nitrogen and oxygen atoms in total. The van der Waals surface area contributed by atoms with Gasteiger partial charge in [-0.05, 0) is 18.1 Å². The number of rotatable bonds is 5. The van der Waals surface area contributed by atoms with Gasteiger partial charge in [-0.2, -0.15) is 0 Å². The van der Waals surface area contributed by atoms with Gasteiger partial charge in [-0.25, -0.2) is 13.8 Å². The molecule has 0 saturated carbocycles. The Morgan fingerprint density at radius 3 is 2.74 bits per heavy atom. The van der Waals surface area contributed by atoms with Crippen LogP contribution >= 0.6 is 11.3 Å². The Morgan fingerprint density at radius 1 is 1.32 bits per heavy atom. The van der Waals surface area contributed by atoms with Crippen LogP contribution in [0.4, 0.5) is 8.78 Å². The molecule has 2 rings (SSSR count). The summed E-state index contributed by atoms with van der Waals surface area (Å²) in [5.41, 5.74) is 7.15. The number of aryl methyl sites for hydroxylation is 1. The molecule has 1 heterocycles. The van der Waals surface area contributed by atoms with Crippen LogP contribution in [0.15, 0.2) is 18.2 Å². The fraction of sp³-hybridized carbons (Fsp3) is 0.357. The zero-order valence-electron chi connectivity index (χ0n) is 10.7. The summed E-state index contributed by atoms with van der Waals surface area (Å²) in [5, 5.41) is 0.828. The largest absolute Gasteiger partial charge is 0.326 e. The molecular weight excluding hydrogens is 266 g/mol. The SMILES string of the molecule is CCCc1nc(Cc2ccc(F)cc2F)sc1CN. The van der Waals surface area contributed by atoms with Crippen molar-refractivity contribution >= 4 is 11.3 Å². The second-order valence-electron chi connectivity index (χ2n) is 4.34. The minimum atomic E-state index is -0.560. The predicted molar refractivity (Wildman–Crippen MR) is 73.2 cm³/mol. The van der Waals surface area contributed by atoms with E-state index >= 15 is 0 Å². The standard InChI is InChI=1S/C14H16F2N2S/c1-2-3-12-13(8-17)19-14(18-12)6-9-4-5-10(15)7-11(9)16/h4-5,7H,2-3,6,8,17H2,1H3. The van der Waals surface area contributed by atoms with E-state index in [0.717, 1.165) is 34.5 Å². The van der Waals surface area contributed by atoms with Crippen LogP contribution in [0.25, 0.3) is 0 Å². The van der Waals surface area contributed by atoms with E-state index < -0.39 is 11.6 Å². The van der Waals surface area contributed by atoms with E-state index in [1.807, 2.05) is 0 Å². The molecule has 0 fully saturated rings.